The van der Waals surface area contributed by atoms with Crippen LogP contribution in [0.1, 0.15) is 10.4 Å². The Balaban J connectivity index is 2.09. The van der Waals surface area contributed by atoms with Crippen LogP contribution in [-0.2, 0) is 0 Å². The molecule has 4 aromatic rings. The minimum atomic E-state index is -0.721. The maximum absolute atomic E-state index is 14.6. The molecular formula is C20H11Cl2FN2O2. The highest BCUT2D eigenvalue weighted by atomic mass is 35.5. The van der Waals surface area contributed by atoms with Crippen LogP contribution in [0.5, 0.6) is 0 Å². The summed E-state index contributed by atoms with van der Waals surface area (Å²) in [6, 6.07) is 17.3. The van der Waals surface area contributed by atoms with Crippen LogP contribution in [0, 0.1) is 5.82 Å². The van der Waals surface area contributed by atoms with Crippen LogP contribution in [0.4, 0.5) is 4.39 Å². The second-order valence-electron chi connectivity index (χ2n) is 5.80. The molecule has 0 saturated carbocycles. The van der Waals surface area contributed by atoms with E-state index in [2.05, 4.69) is 0 Å². The van der Waals surface area contributed by atoms with Gasteiger partial charge in [0.25, 0.3) is 5.91 Å². The monoisotopic (exact) mass is 400 g/mol. The van der Waals surface area contributed by atoms with Crippen LogP contribution in [0.3, 0.4) is 0 Å². The Morgan fingerprint density at radius 1 is 0.852 bits per heavy atom. The smallest absolute Gasteiger partial charge is 0.268 e. The lowest BCUT2D eigenvalue weighted by Gasteiger charge is -2.06. The molecule has 0 N–H and O–H groups in total. The maximum Gasteiger partial charge on any atom is 0.340 e. The quantitative estimate of drug-likeness (QED) is 0.478. The molecule has 134 valence electrons. The molecule has 0 saturated heterocycles. The van der Waals surface area contributed by atoms with E-state index in [-0.39, 0.29) is 26.6 Å². The predicted molar refractivity (Wildman–Crippen MR) is 104 cm³/mol. The topological polar surface area (TPSA) is 44.0 Å². The first-order valence-electron chi connectivity index (χ1n) is 7.97. The van der Waals surface area contributed by atoms with Gasteiger partial charge in [-0.3, -0.25) is 9.36 Å². The van der Waals surface area contributed by atoms with Gasteiger partial charge >= 0.3 is 5.69 Å². The summed E-state index contributed by atoms with van der Waals surface area (Å²) in [7, 11) is 0. The molecule has 0 aliphatic rings. The Bertz CT molecular complexity index is 1230. The van der Waals surface area contributed by atoms with Crippen molar-refractivity contribution < 1.29 is 9.18 Å². The highest BCUT2D eigenvalue weighted by Crippen LogP contribution is 2.27. The van der Waals surface area contributed by atoms with Gasteiger partial charge in [0, 0.05) is 0 Å². The third-order valence-corrected chi connectivity index (χ3v) is 4.84. The van der Waals surface area contributed by atoms with E-state index in [1.807, 2.05) is 0 Å². The Morgan fingerprint density at radius 2 is 1.48 bits per heavy atom. The van der Waals surface area contributed by atoms with E-state index in [4.69, 9.17) is 23.2 Å². The fourth-order valence-electron chi connectivity index (χ4n) is 3.03. The van der Waals surface area contributed by atoms with E-state index in [1.165, 1.54) is 30.3 Å². The van der Waals surface area contributed by atoms with Crippen LogP contribution >= 0.6 is 23.2 Å². The van der Waals surface area contributed by atoms with Crippen molar-refractivity contribution in [3.63, 3.8) is 0 Å². The molecule has 7 heteroatoms. The maximum atomic E-state index is 14.6. The van der Waals surface area contributed by atoms with Crippen molar-refractivity contribution in [2.24, 2.45) is 0 Å². The third-order valence-electron chi connectivity index (χ3n) is 4.21. The Kier molecular flexibility index (Phi) is 4.34. The molecule has 0 spiro atoms. The number of halogens is 3. The first-order valence-corrected chi connectivity index (χ1v) is 8.72. The minimum Gasteiger partial charge on any atom is -0.268 e. The highest BCUT2D eigenvalue weighted by molar-refractivity contribution is 6.39. The minimum absolute atomic E-state index is 0.00484. The third kappa shape index (κ3) is 2.76. The summed E-state index contributed by atoms with van der Waals surface area (Å²) in [6.45, 7) is 0. The molecule has 3 aromatic carbocycles. The van der Waals surface area contributed by atoms with Gasteiger partial charge in [0.05, 0.1) is 26.8 Å². The van der Waals surface area contributed by atoms with Crippen LogP contribution in [-0.4, -0.2) is 15.0 Å². The van der Waals surface area contributed by atoms with Gasteiger partial charge in [-0.05, 0) is 36.4 Å². The van der Waals surface area contributed by atoms with Gasteiger partial charge in [-0.15, -0.1) is 0 Å². The molecule has 0 fully saturated rings. The molecule has 1 heterocycles. The van der Waals surface area contributed by atoms with Crippen molar-refractivity contribution in [2.45, 2.75) is 0 Å². The van der Waals surface area contributed by atoms with E-state index in [0.29, 0.717) is 5.69 Å². The number of benzene rings is 3. The zero-order valence-corrected chi connectivity index (χ0v) is 15.2. The molecule has 0 radical (unpaired) electrons. The molecule has 0 unspecified atom stereocenters. The second-order valence-corrected chi connectivity index (χ2v) is 6.61. The molecule has 0 amide bonds. The number of carbonyl (C=O) groups is 1. The van der Waals surface area contributed by atoms with Gasteiger partial charge < -0.3 is 0 Å². The average Bonchev–Trinajstić information content (AvgIpc) is 2.95. The summed E-state index contributed by atoms with van der Waals surface area (Å²) in [6.07, 6.45) is 0. The van der Waals surface area contributed by atoms with Crippen molar-refractivity contribution in [1.82, 2.24) is 9.13 Å². The van der Waals surface area contributed by atoms with Gasteiger partial charge in [-0.2, -0.15) is 0 Å². The highest BCUT2D eigenvalue weighted by Gasteiger charge is 2.25. The van der Waals surface area contributed by atoms with Crippen molar-refractivity contribution in [3.8, 4) is 5.69 Å². The zero-order valence-electron chi connectivity index (χ0n) is 13.7. The summed E-state index contributed by atoms with van der Waals surface area (Å²) < 4.78 is 16.7. The van der Waals surface area contributed by atoms with Crippen molar-refractivity contribution in [1.29, 1.82) is 0 Å². The van der Waals surface area contributed by atoms with Gasteiger partial charge in [0.2, 0.25) is 0 Å². The molecule has 0 aliphatic heterocycles. The van der Waals surface area contributed by atoms with Crippen molar-refractivity contribution >= 4 is 40.1 Å². The number of rotatable bonds is 2. The lowest BCUT2D eigenvalue weighted by Crippen LogP contribution is -2.29. The fraction of sp³-hybridized carbons (Fsp3) is 0. The van der Waals surface area contributed by atoms with Gasteiger partial charge in [0.1, 0.15) is 11.3 Å². The molecule has 4 nitrogen and oxygen atoms in total. The largest absolute Gasteiger partial charge is 0.340 e. The SMILES string of the molecule is O=C(c1c(Cl)cccc1Cl)n1c(=O)n(-c2ccccc2)c2c(F)cccc21. The van der Waals surface area contributed by atoms with Crippen LogP contribution < -0.4 is 5.69 Å². The number of imidazole rings is 1. The Morgan fingerprint density at radius 3 is 2.15 bits per heavy atom. The summed E-state index contributed by atoms with van der Waals surface area (Å²) >= 11 is 12.3. The Hall–Kier alpha value is -2.89. The van der Waals surface area contributed by atoms with Crippen LogP contribution in [0.15, 0.2) is 71.5 Å². The standard InChI is InChI=1S/C20H11Cl2FN2O2/c21-13-8-4-9-14(22)17(13)19(26)25-16-11-5-10-15(23)18(16)24(20(25)27)12-6-2-1-3-7-12/h1-11H. The molecule has 0 bridgehead atoms. The lowest BCUT2D eigenvalue weighted by atomic mass is 10.2. The molecule has 0 aliphatic carbocycles. The van der Waals surface area contributed by atoms with Gasteiger partial charge in [0.15, 0.2) is 0 Å². The van der Waals surface area contributed by atoms with E-state index in [9.17, 15) is 14.0 Å². The molecule has 1 aromatic heterocycles. The van der Waals surface area contributed by atoms with Gasteiger partial charge in [-0.1, -0.05) is 53.5 Å². The van der Waals surface area contributed by atoms with Crippen molar-refractivity contribution in [3.05, 3.63) is 98.6 Å². The molecular weight excluding hydrogens is 390 g/mol. The molecule has 27 heavy (non-hydrogen) atoms. The van der Waals surface area contributed by atoms with Crippen molar-refractivity contribution in [2.75, 3.05) is 0 Å². The van der Waals surface area contributed by atoms with Gasteiger partial charge in [-0.25, -0.2) is 13.8 Å². The number of hydrogen-bond acceptors (Lipinski definition) is 2. The number of nitrogens with zero attached hydrogens (tertiary/aromatic N) is 2. The number of aromatic nitrogens is 2. The summed E-state index contributed by atoms with van der Waals surface area (Å²) in [4.78, 5) is 26.3. The zero-order chi connectivity index (χ0) is 19.1. The first kappa shape index (κ1) is 17.5. The molecule has 0 atom stereocenters. The average molecular weight is 401 g/mol. The predicted octanol–water partition coefficient (Wildman–Crippen LogP) is 4.93. The van der Waals surface area contributed by atoms with E-state index in [0.717, 1.165) is 9.13 Å². The summed E-state index contributed by atoms with van der Waals surface area (Å²) in [5, 5.41) is 0.216. The van der Waals surface area contributed by atoms with E-state index < -0.39 is 17.4 Å². The fourth-order valence-corrected chi connectivity index (χ4v) is 3.59. The summed E-state index contributed by atoms with van der Waals surface area (Å²) in [5.74, 6) is -1.34. The van der Waals surface area contributed by atoms with E-state index >= 15 is 0 Å². The summed E-state index contributed by atoms with van der Waals surface area (Å²) in [5.41, 5.74) is -0.147. The van der Waals surface area contributed by atoms with Crippen LogP contribution in [0.2, 0.25) is 10.0 Å². The molecule has 4 rings (SSSR count). The van der Waals surface area contributed by atoms with E-state index in [1.54, 1.807) is 36.4 Å². The second kappa shape index (κ2) is 6.68. The first-order chi connectivity index (χ1) is 13.0. The van der Waals surface area contributed by atoms with Crippen LogP contribution in [0.25, 0.3) is 16.7 Å². The Labute approximate surface area is 163 Å². The normalized spacial score (nSPS) is 11.1. The lowest BCUT2D eigenvalue weighted by molar-refractivity contribution is 0.0961. The number of fused-ring (bicyclic) bond motifs is 1. The number of para-hydroxylation sites is 2. The number of carbonyl (C=O) groups excluding carboxylic acids is 1. The number of hydrogen-bond donors (Lipinski definition) is 0.